The molecule has 0 saturated heterocycles. The number of Topliss-reactive ketones (excluding diaryl/α,β-unsaturated/α-hetero) is 1. The van der Waals surface area contributed by atoms with Crippen LogP contribution >= 0.6 is 0 Å². The van der Waals surface area contributed by atoms with Gasteiger partial charge in [0.05, 0.1) is 6.61 Å². The van der Waals surface area contributed by atoms with Crippen LogP contribution in [0.3, 0.4) is 0 Å². The lowest BCUT2D eigenvalue weighted by molar-refractivity contribution is 0.101. The standard InChI is InChI=1S/C11H15NO2/c1-9(13)10-3-5-11(6-4-10)14-8-2-7-12/h3-6H,2,7-8,12H2,1H3. The van der Waals surface area contributed by atoms with Gasteiger partial charge in [0.25, 0.3) is 0 Å². The summed E-state index contributed by atoms with van der Waals surface area (Å²) in [4.78, 5) is 11.0. The normalized spacial score (nSPS) is 9.86. The van der Waals surface area contributed by atoms with E-state index in [1.165, 1.54) is 0 Å². The Balaban J connectivity index is 2.51. The molecule has 0 aromatic heterocycles. The van der Waals surface area contributed by atoms with Crippen LogP contribution in [0.2, 0.25) is 0 Å². The Bertz CT molecular complexity index is 293. The van der Waals surface area contributed by atoms with Crippen LogP contribution in [-0.4, -0.2) is 18.9 Å². The molecule has 0 bridgehead atoms. The highest BCUT2D eigenvalue weighted by Gasteiger charge is 1.98. The van der Waals surface area contributed by atoms with Crippen molar-refractivity contribution in [2.45, 2.75) is 13.3 Å². The minimum atomic E-state index is 0.0681. The molecule has 0 fully saturated rings. The first-order chi connectivity index (χ1) is 6.74. The molecule has 0 atom stereocenters. The number of rotatable bonds is 5. The topological polar surface area (TPSA) is 52.3 Å². The predicted octanol–water partition coefficient (Wildman–Crippen LogP) is 1.62. The molecule has 0 radical (unpaired) electrons. The van der Waals surface area contributed by atoms with Crippen LogP contribution in [0.1, 0.15) is 23.7 Å². The van der Waals surface area contributed by atoms with E-state index in [0.29, 0.717) is 18.7 Å². The maximum atomic E-state index is 11.0. The summed E-state index contributed by atoms with van der Waals surface area (Å²) in [5, 5.41) is 0. The van der Waals surface area contributed by atoms with Crippen molar-refractivity contribution in [3.05, 3.63) is 29.8 Å². The van der Waals surface area contributed by atoms with E-state index in [2.05, 4.69) is 0 Å². The molecule has 0 aliphatic carbocycles. The Morgan fingerprint density at radius 2 is 2.00 bits per heavy atom. The fourth-order valence-corrected chi connectivity index (χ4v) is 1.06. The van der Waals surface area contributed by atoms with E-state index in [1.807, 2.05) is 0 Å². The van der Waals surface area contributed by atoms with Crippen molar-refractivity contribution >= 4 is 5.78 Å². The second-order valence-corrected chi connectivity index (χ2v) is 3.07. The van der Waals surface area contributed by atoms with Gasteiger partial charge < -0.3 is 10.5 Å². The van der Waals surface area contributed by atoms with Crippen LogP contribution in [0.25, 0.3) is 0 Å². The summed E-state index contributed by atoms with van der Waals surface area (Å²) in [6, 6.07) is 7.13. The Labute approximate surface area is 83.9 Å². The van der Waals surface area contributed by atoms with Crippen molar-refractivity contribution in [3.63, 3.8) is 0 Å². The van der Waals surface area contributed by atoms with E-state index in [0.717, 1.165) is 12.2 Å². The highest BCUT2D eigenvalue weighted by molar-refractivity contribution is 5.94. The molecule has 1 aromatic rings. The lowest BCUT2D eigenvalue weighted by Crippen LogP contribution is -2.06. The average molecular weight is 193 g/mol. The zero-order chi connectivity index (χ0) is 10.4. The lowest BCUT2D eigenvalue weighted by Gasteiger charge is -2.05. The molecule has 0 heterocycles. The zero-order valence-electron chi connectivity index (χ0n) is 8.32. The van der Waals surface area contributed by atoms with Gasteiger partial charge in [0.15, 0.2) is 5.78 Å². The van der Waals surface area contributed by atoms with E-state index in [1.54, 1.807) is 31.2 Å². The number of carbonyl (C=O) groups is 1. The monoisotopic (exact) mass is 193 g/mol. The average Bonchev–Trinajstić information content (AvgIpc) is 2.19. The van der Waals surface area contributed by atoms with Crippen LogP contribution in [0.4, 0.5) is 0 Å². The fraction of sp³-hybridized carbons (Fsp3) is 0.364. The van der Waals surface area contributed by atoms with Crippen LogP contribution in [0.15, 0.2) is 24.3 Å². The van der Waals surface area contributed by atoms with Crippen molar-refractivity contribution in [1.29, 1.82) is 0 Å². The summed E-state index contributed by atoms with van der Waals surface area (Å²) < 4.78 is 5.39. The highest BCUT2D eigenvalue weighted by atomic mass is 16.5. The first-order valence-corrected chi connectivity index (χ1v) is 4.68. The summed E-state index contributed by atoms with van der Waals surface area (Å²) in [6.45, 7) is 2.80. The summed E-state index contributed by atoms with van der Waals surface area (Å²) in [5.74, 6) is 0.849. The quantitative estimate of drug-likeness (QED) is 0.571. The second kappa shape index (κ2) is 5.40. The number of nitrogens with two attached hydrogens (primary N) is 1. The Hall–Kier alpha value is -1.35. The first-order valence-electron chi connectivity index (χ1n) is 4.68. The van der Waals surface area contributed by atoms with Crippen molar-refractivity contribution in [1.82, 2.24) is 0 Å². The predicted molar refractivity (Wildman–Crippen MR) is 55.6 cm³/mol. The van der Waals surface area contributed by atoms with Gasteiger partial charge >= 0.3 is 0 Å². The van der Waals surface area contributed by atoms with Gasteiger partial charge in [-0.3, -0.25) is 4.79 Å². The number of hydrogen-bond acceptors (Lipinski definition) is 3. The van der Waals surface area contributed by atoms with Gasteiger partial charge in [0.2, 0.25) is 0 Å². The van der Waals surface area contributed by atoms with E-state index in [9.17, 15) is 4.79 Å². The summed E-state index contributed by atoms with van der Waals surface area (Å²) in [5.41, 5.74) is 6.04. The van der Waals surface area contributed by atoms with Gasteiger partial charge in [-0.05, 0) is 44.2 Å². The minimum absolute atomic E-state index is 0.0681. The molecule has 0 unspecified atom stereocenters. The molecular formula is C11H15NO2. The van der Waals surface area contributed by atoms with Crippen molar-refractivity contribution in [2.75, 3.05) is 13.2 Å². The van der Waals surface area contributed by atoms with Crippen LogP contribution in [0, 0.1) is 0 Å². The summed E-state index contributed by atoms with van der Waals surface area (Å²) in [7, 11) is 0. The number of ketones is 1. The molecule has 1 aromatic carbocycles. The second-order valence-electron chi connectivity index (χ2n) is 3.07. The van der Waals surface area contributed by atoms with Gasteiger partial charge in [0, 0.05) is 5.56 Å². The Kier molecular flexibility index (Phi) is 4.13. The molecule has 76 valence electrons. The zero-order valence-corrected chi connectivity index (χ0v) is 8.32. The van der Waals surface area contributed by atoms with Crippen molar-refractivity contribution < 1.29 is 9.53 Å². The smallest absolute Gasteiger partial charge is 0.159 e. The molecule has 3 heteroatoms. The van der Waals surface area contributed by atoms with Gasteiger partial charge in [-0.1, -0.05) is 0 Å². The largest absolute Gasteiger partial charge is 0.494 e. The number of carbonyl (C=O) groups excluding carboxylic acids is 1. The molecule has 1 rings (SSSR count). The van der Waals surface area contributed by atoms with Crippen LogP contribution in [0.5, 0.6) is 5.75 Å². The molecule has 3 nitrogen and oxygen atoms in total. The molecule has 14 heavy (non-hydrogen) atoms. The fourth-order valence-electron chi connectivity index (χ4n) is 1.06. The SMILES string of the molecule is CC(=O)c1ccc(OCCCN)cc1. The van der Waals surface area contributed by atoms with E-state index in [-0.39, 0.29) is 5.78 Å². The van der Waals surface area contributed by atoms with E-state index in [4.69, 9.17) is 10.5 Å². The van der Waals surface area contributed by atoms with Gasteiger partial charge in [0.1, 0.15) is 5.75 Å². The highest BCUT2D eigenvalue weighted by Crippen LogP contribution is 2.12. The Morgan fingerprint density at radius 3 is 2.50 bits per heavy atom. The maximum Gasteiger partial charge on any atom is 0.159 e. The third-order valence-corrected chi connectivity index (χ3v) is 1.88. The summed E-state index contributed by atoms with van der Waals surface area (Å²) >= 11 is 0. The molecule has 0 saturated carbocycles. The minimum Gasteiger partial charge on any atom is -0.494 e. The van der Waals surface area contributed by atoms with Gasteiger partial charge in [-0.15, -0.1) is 0 Å². The van der Waals surface area contributed by atoms with Gasteiger partial charge in [-0.25, -0.2) is 0 Å². The molecule has 0 spiro atoms. The van der Waals surface area contributed by atoms with Crippen LogP contribution < -0.4 is 10.5 Å². The molecular weight excluding hydrogens is 178 g/mol. The third-order valence-electron chi connectivity index (χ3n) is 1.88. The van der Waals surface area contributed by atoms with E-state index < -0.39 is 0 Å². The maximum absolute atomic E-state index is 11.0. The first kappa shape index (κ1) is 10.7. The molecule has 0 amide bonds. The molecule has 2 N–H and O–H groups in total. The molecule has 0 aliphatic heterocycles. The van der Waals surface area contributed by atoms with Gasteiger partial charge in [-0.2, -0.15) is 0 Å². The third kappa shape index (κ3) is 3.18. The number of hydrogen-bond donors (Lipinski definition) is 1. The van der Waals surface area contributed by atoms with E-state index >= 15 is 0 Å². The summed E-state index contributed by atoms with van der Waals surface area (Å²) in [6.07, 6.45) is 0.842. The number of ether oxygens (including phenoxy) is 1. The Morgan fingerprint density at radius 1 is 1.36 bits per heavy atom. The number of benzene rings is 1. The molecule has 0 aliphatic rings. The van der Waals surface area contributed by atoms with Crippen LogP contribution in [-0.2, 0) is 0 Å². The lowest BCUT2D eigenvalue weighted by atomic mass is 10.1. The van der Waals surface area contributed by atoms with Crippen molar-refractivity contribution in [2.24, 2.45) is 5.73 Å². The van der Waals surface area contributed by atoms with Crippen molar-refractivity contribution in [3.8, 4) is 5.75 Å².